The fraction of sp³-hybridized carbons (Fsp3) is 0.417. The zero-order chi connectivity index (χ0) is 16.8. The number of H-pyrrole nitrogens is 1. The highest BCUT2D eigenvalue weighted by atomic mass is 16.6. The summed E-state index contributed by atoms with van der Waals surface area (Å²) in [5.74, 6) is -1.22. The summed E-state index contributed by atoms with van der Waals surface area (Å²) in [4.78, 5) is 25.6. The molecule has 0 bridgehead atoms. The summed E-state index contributed by atoms with van der Waals surface area (Å²) in [6, 6.07) is 1.90. The quantitative estimate of drug-likeness (QED) is 0.475. The molecule has 2 aromatic heterocycles. The number of anilines is 1. The summed E-state index contributed by atoms with van der Waals surface area (Å²) < 4.78 is 6.87. The van der Waals surface area contributed by atoms with Crippen molar-refractivity contribution in [2.24, 2.45) is 10.9 Å². The Hall–Kier alpha value is -2.81. The molecule has 1 aliphatic heterocycles. The Bertz CT molecular complexity index is 868. The van der Waals surface area contributed by atoms with Crippen LogP contribution in [0.15, 0.2) is 16.1 Å². The average Bonchev–Trinajstić information content (AvgIpc) is 3.06. The molecule has 1 unspecified atom stereocenters. The van der Waals surface area contributed by atoms with Crippen LogP contribution in [-0.4, -0.2) is 54.9 Å². The monoisotopic (exact) mass is 319 g/mol. The van der Waals surface area contributed by atoms with Gasteiger partial charge in [-0.3, -0.25) is 19.3 Å². The number of imidazole rings is 1. The lowest BCUT2D eigenvalue weighted by Gasteiger charge is -2.24. The van der Waals surface area contributed by atoms with Crippen LogP contribution in [0.4, 0.5) is 5.95 Å². The van der Waals surface area contributed by atoms with E-state index in [1.54, 1.807) is 0 Å². The second-order valence-electron chi connectivity index (χ2n) is 5.04. The molecule has 23 heavy (non-hydrogen) atoms. The van der Waals surface area contributed by atoms with Crippen molar-refractivity contribution in [3.63, 3.8) is 0 Å². The zero-order valence-corrected chi connectivity index (χ0v) is 11.7. The number of nitrogens with zero attached hydrogens (tertiary/aromatic N) is 5. The number of fused-ring (bicyclic) bond motifs is 1. The maximum absolute atomic E-state index is 11.8. The third-order valence-corrected chi connectivity index (χ3v) is 3.80. The van der Waals surface area contributed by atoms with Crippen LogP contribution in [0.25, 0.3) is 11.2 Å². The maximum atomic E-state index is 11.8. The summed E-state index contributed by atoms with van der Waals surface area (Å²) in [6.07, 6.45) is -1.26. The van der Waals surface area contributed by atoms with Gasteiger partial charge in [-0.2, -0.15) is 10.2 Å². The number of aliphatic imine (C=N–C) groups is 1. The van der Waals surface area contributed by atoms with E-state index in [1.165, 1.54) is 10.9 Å². The third-order valence-electron chi connectivity index (χ3n) is 3.80. The number of nitrogens with two attached hydrogens (primary N) is 1. The normalized spacial score (nSPS) is 30.4. The van der Waals surface area contributed by atoms with Crippen molar-refractivity contribution in [1.29, 1.82) is 5.26 Å². The van der Waals surface area contributed by atoms with Gasteiger partial charge in [0.15, 0.2) is 17.4 Å². The van der Waals surface area contributed by atoms with Crippen molar-refractivity contribution < 1.29 is 14.9 Å². The van der Waals surface area contributed by atoms with E-state index in [9.17, 15) is 20.3 Å². The predicted molar refractivity (Wildman–Crippen MR) is 77.2 cm³/mol. The smallest absolute Gasteiger partial charge is 0.280 e. The molecule has 120 valence electrons. The molecule has 5 N–H and O–H groups in total. The first-order valence-corrected chi connectivity index (χ1v) is 6.54. The molecule has 11 nitrogen and oxygen atoms in total. The summed E-state index contributed by atoms with van der Waals surface area (Å²) >= 11 is 0. The Morgan fingerprint density at radius 1 is 1.70 bits per heavy atom. The standard InChI is InChI=1S/C12H13N7O4/c1-15-12(3-20)7(21)5(2-13)10(23-12)19-4-16-6-8(19)17-11(14)18-9(6)22/h4-5,7,10,20-21H,1,3H2,(H3,14,17,18,22)/t5?,7-,10+,12+/m0/s1. The van der Waals surface area contributed by atoms with Gasteiger partial charge < -0.3 is 20.7 Å². The van der Waals surface area contributed by atoms with E-state index in [0.717, 1.165) is 0 Å². The van der Waals surface area contributed by atoms with Crippen molar-refractivity contribution in [3.05, 3.63) is 16.7 Å². The predicted octanol–water partition coefficient (Wildman–Crippen LogP) is -1.88. The summed E-state index contributed by atoms with van der Waals surface area (Å²) in [6.45, 7) is 2.62. The van der Waals surface area contributed by atoms with Crippen molar-refractivity contribution in [1.82, 2.24) is 19.5 Å². The van der Waals surface area contributed by atoms with Crippen molar-refractivity contribution in [2.45, 2.75) is 18.1 Å². The molecule has 1 aliphatic rings. The molecular weight excluding hydrogens is 306 g/mol. The first-order chi connectivity index (χ1) is 11.0. The van der Waals surface area contributed by atoms with Gasteiger partial charge in [-0.05, 0) is 6.72 Å². The molecule has 3 rings (SSSR count). The van der Waals surface area contributed by atoms with E-state index in [-0.39, 0.29) is 17.1 Å². The van der Waals surface area contributed by atoms with E-state index in [4.69, 9.17) is 10.5 Å². The Labute approximate surface area is 128 Å². The summed E-state index contributed by atoms with van der Waals surface area (Å²) in [5, 5.41) is 29.1. The number of hydrogen-bond donors (Lipinski definition) is 4. The number of nitrogens with one attached hydrogen (secondary N) is 1. The van der Waals surface area contributed by atoms with E-state index in [0.29, 0.717) is 0 Å². The number of hydrogen-bond acceptors (Lipinski definition) is 9. The van der Waals surface area contributed by atoms with Gasteiger partial charge in [0.2, 0.25) is 11.7 Å². The molecule has 0 saturated carbocycles. The highest BCUT2D eigenvalue weighted by Crippen LogP contribution is 2.42. The van der Waals surface area contributed by atoms with Crippen LogP contribution in [0.3, 0.4) is 0 Å². The zero-order valence-electron chi connectivity index (χ0n) is 11.7. The number of nitrogen functional groups attached to an aromatic ring is 1. The lowest BCUT2D eigenvalue weighted by molar-refractivity contribution is -0.120. The number of ether oxygens (including phenoxy) is 1. The molecule has 4 atom stereocenters. The van der Waals surface area contributed by atoms with Gasteiger partial charge >= 0.3 is 0 Å². The van der Waals surface area contributed by atoms with Crippen LogP contribution in [0.2, 0.25) is 0 Å². The first-order valence-electron chi connectivity index (χ1n) is 6.54. The van der Waals surface area contributed by atoms with Crippen LogP contribution in [-0.2, 0) is 4.74 Å². The molecule has 0 aromatic carbocycles. The molecule has 0 amide bonds. The van der Waals surface area contributed by atoms with Gasteiger partial charge in [0.25, 0.3) is 5.56 Å². The van der Waals surface area contributed by atoms with Crippen molar-refractivity contribution in [3.8, 4) is 6.07 Å². The van der Waals surface area contributed by atoms with Gasteiger partial charge in [-0.15, -0.1) is 0 Å². The number of aromatic nitrogens is 4. The Morgan fingerprint density at radius 2 is 2.43 bits per heavy atom. The second kappa shape index (κ2) is 5.13. The topological polar surface area (TPSA) is 175 Å². The molecule has 0 aliphatic carbocycles. The first kappa shape index (κ1) is 15.1. The second-order valence-corrected chi connectivity index (χ2v) is 5.04. The number of aliphatic hydroxyl groups excluding tert-OH is 2. The minimum atomic E-state index is -1.74. The van der Waals surface area contributed by atoms with Crippen LogP contribution < -0.4 is 11.3 Å². The number of aromatic amines is 1. The Balaban J connectivity index is 2.17. The molecule has 2 aromatic rings. The largest absolute Gasteiger partial charge is 0.391 e. The molecule has 11 heteroatoms. The van der Waals surface area contributed by atoms with Crippen LogP contribution in [0, 0.1) is 17.2 Å². The fourth-order valence-corrected chi connectivity index (χ4v) is 2.59. The van der Waals surface area contributed by atoms with Gasteiger partial charge in [-0.25, -0.2) is 4.98 Å². The lowest BCUT2D eigenvalue weighted by atomic mass is 9.97. The highest BCUT2D eigenvalue weighted by Gasteiger charge is 2.55. The highest BCUT2D eigenvalue weighted by molar-refractivity contribution is 5.70. The van der Waals surface area contributed by atoms with Gasteiger partial charge in [0, 0.05) is 0 Å². The fourth-order valence-electron chi connectivity index (χ4n) is 2.59. The van der Waals surface area contributed by atoms with Crippen molar-refractivity contribution in [2.75, 3.05) is 12.3 Å². The SMILES string of the molecule is C=N[C@]1(CO)O[C@@H](n2cnc3c(=O)[nH]c(N)nc32)C(C#N)[C@@H]1O. The Morgan fingerprint density at radius 3 is 3.04 bits per heavy atom. The van der Waals surface area contributed by atoms with Crippen LogP contribution in [0.1, 0.15) is 6.23 Å². The molecule has 0 radical (unpaired) electrons. The van der Waals surface area contributed by atoms with E-state index in [2.05, 4.69) is 26.7 Å². The van der Waals surface area contributed by atoms with Crippen LogP contribution in [0.5, 0.6) is 0 Å². The molecule has 0 spiro atoms. The molecule has 3 heterocycles. The van der Waals surface area contributed by atoms with E-state index in [1.807, 2.05) is 6.07 Å². The van der Waals surface area contributed by atoms with E-state index >= 15 is 0 Å². The van der Waals surface area contributed by atoms with Crippen molar-refractivity contribution >= 4 is 23.8 Å². The molecular formula is C12H13N7O4. The summed E-state index contributed by atoms with van der Waals surface area (Å²) in [7, 11) is 0. The average molecular weight is 319 g/mol. The third kappa shape index (κ3) is 2.00. The van der Waals surface area contributed by atoms with Gasteiger partial charge in [0.05, 0.1) is 19.0 Å². The molecule has 1 fully saturated rings. The van der Waals surface area contributed by atoms with E-state index < -0.39 is 36.1 Å². The number of rotatable bonds is 3. The minimum Gasteiger partial charge on any atom is -0.391 e. The lowest BCUT2D eigenvalue weighted by Crippen LogP contribution is -2.42. The minimum absolute atomic E-state index is 0.00189. The van der Waals surface area contributed by atoms with Crippen LogP contribution >= 0.6 is 0 Å². The summed E-state index contributed by atoms with van der Waals surface area (Å²) in [5.41, 5.74) is 3.32. The molecule has 1 saturated heterocycles. The van der Waals surface area contributed by atoms with Gasteiger partial charge in [0.1, 0.15) is 12.0 Å². The maximum Gasteiger partial charge on any atom is 0.280 e. The number of nitriles is 1. The number of aliphatic hydroxyl groups is 2. The Kier molecular flexibility index (Phi) is 3.37. The van der Waals surface area contributed by atoms with Gasteiger partial charge in [-0.1, -0.05) is 0 Å².